The predicted molar refractivity (Wildman–Crippen MR) is 81.7 cm³/mol. The molecule has 1 aromatic heterocycles. The van der Waals surface area contributed by atoms with Crippen molar-refractivity contribution in [1.29, 1.82) is 5.26 Å². The first kappa shape index (κ1) is 15.5. The molecule has 3 rings (SSSR count). The van der Waals surface area contributed by atoms with Gasteiger partial charge in [0.15, 0.2) is 9.84 Å². The fraction of sp³-hybridized carbons (Fsp3) is 0.750. The standard InChI is InChI=1S/C16H22N2O3S/c17-12-16(6-2-1-3-7-16)8-9-22(19,20)11-14-10-21-18-15(14)13-4-5-13/h10,13H,1-9,11H2. The summed E-state index contributed by atoms with van der Waals surface area (Å²) < 4.78 is 29.8. The first-order chi connectivity index (χ1) is 10.5. The number of hydrogen-bond acceptors (Lipinski definition) is 5. The topological polar surface area (TPSA) is 84.0 Å². The van der Waals surface area contributed by atoms with Gasteiger partial charge in [0.1, 0.15) is 6.26 Å². The molecule has 0 N–H and O–H groups in total. The highest BCUT2D eigenvalue weighted by Gasteiger charge is 2.34. The van der Waals surface area contributed by atoms with Gasteiger partial charge >= 0.3 is 0 Å². The van der Waals surface area contributed by atoms with Gasteiger partial charge in [-0.15, -0.1) is 0 Å². The maximum absolute atomic E-state index is 12.4. The summed E-state index contributed by atoms with van der Waals surface area (Å²) in [7, 11) is -3.23. The van der Waals surface area contributed by atoms with Crippen molar-refractivity contribution in [1.82, 2.24) is 5.16 Å². The maximum atomic E-state index is 12.4. The second-order valence-corrected chi connectivity index (χ2v) is 8.98. The minimum absolute atomic E-state index is 0.0101. The van der Waals surface area contributed by atoms with E-state index in [1.165, 1.54) is 6.26 Å². The van der Waals surface area contributed by atoms with E-state index in [0.29, 0.717) is 17.9 Å². The molecule has 2 aliphatic rings. The average molecular weight is 322 g/mol. The molecular formula is C16H22N2O3S. The molecule has 1 aromatic rings. The van der Waals surface area contributed by atoms with E-state index in [9.17, 15) is 13.7 Å². The lowest BCUT2D eigenvalue weighted by atomic mass is 9.73. The Hall–Kier alpha value is -1.35. The normalized spacial score (nSPS) is 21.4. The Bertz CT molecular complexity index is 662. The van der Waals surface area contributed by atoms with Gasteiger partial charge in [-0.2, -0.15) is 5.26 Å². The molecule has 0 bridgehead atoms. The van der Waals surface area contributed by atoms with Gasteiger partial charge in [0.2, 0.25) is 0 Å². The van der Waals surface area contributed by atoms with Crippen molar-refractivity contribution in [2.24, 2.45) is 5.41 Å². The molecule has 0 atom stereocenters. The van der Waals surface area contributed by atoms with Crippen LogP contribution in [0.1, 0.15) is 68.5 Å². The lowest BCUT2D eigenvalue weighted by molar-refractivity contribution is 0.259. The molecular weight excluding hydrogens is 300 g/mol. The van der Waals surface area contributed by atoms with Gasteiger partial charge < -0.3 is 4.52 Å². The Kier molecular flexibility index (Phi) is 4.26. The Labute approximate surface area is 131 Å². The fourth-order valence-electron chi connectivity index (χ4n) is 3.37. The van der Waals surface area contributed by atoms with Crippen molar-refractivity contribution in [2.75, 3.05) is 5.75 Å². The van der Waals surface area contributed by atoms with Crippen LogP contribution in [0.25, 0.3) is 0 Å². The number of sulfone groups is 1. The zero-order valence-corrected chi connectivity index (χ0v) is 13.6. The van der Waals surface area contributed by atoms with Crippen molar-refractivity contribution in [3.05, 3.63) is 17.5 Å². The summed E-state index contributed by atoms with van der Waals surface area (Å²) in [4.78, 5) is 0. The largest absolute Gasteiger partial charge is 0.364 e. The number of aromatic nitrogens is 1. The molecule has 0 radical (unpaired) electrons. The van der Waals surface area contributed by atoms with Gasteiger partial charge in [-0.25, -0.2) is 8.42 Å². The molecule has 0 aliphatic heterocycles. The molecule has 0 unspecified atom stereocenters. The van der Waals surface area contributed by atoms with E-state index in [2.05, 4.69) is 11.2 Å². The van der Waals surface area contributed by atoms with E-state index in [1.54, 1.807) is 0 Å². The smallest absolute Gasteiger partial charge is 0.154 e. The van der Waals surface area contributed by atoms with Crippen LogP contribution in [0.2, 0.25) is 0 Å². The number of nitriles is 1. The van der Waals surface area contributed by atoms with Crippen LogP contribution in [0.15, 0.2) is 10.8 Å². The molecule has 0 amide bonds. The van der Waals surface area contributed by atoms with Gasteiger partial charge in [0, 0.05) is 11.5 Å². The number of rotatable bonds is 6. The summed E-state index contributed by atoms with van der Waals surface area (Å²) in [5.41, 5.74) is 1.09. The second-order valence-electron chi connectivity index (χ2n) is 6.79. The zero-order chi connectivity index (χ0) is 15.6. The molecule has 0 spiro atoms. The predicted octanol–water partition coefficient (Wildman–Crippen LogP) is 3.33. The minimum Gasteiger partial charge on any atom is -0.364 e. The van der Waals surface area contributed by atoms with Crippen LogP contribution in [-0.4, -0.2) is 19.3 Å². The van der Waals surface area contributed by atoms with E-state index in [0.717, 1.165) is 50.6 Å². The summed E-state index contributed by atoms with van der Waals surface area (Å²) in [5, 5.41) is 13.4. The number of nitrogens with zero attached hydrogens (tertiary/aromatic N) is 2. The zero-order valence-electron chi connectivity index (χ0n) is 12.8. The van der Waals surface area contributed by atoms with Crippen LogP contribution < -0.4 is 0 Å². The summed E-state index contributed by atoms with van der Waals surface area (Å²) >= 11 is 0. The van der Waals surface area contributed by atoms with Gasteiger partial charge in [-0.3, -0.25) is 0 Å². The van der Waals surface area contributed by atoms with E-state index in [1.807, 2.05) is 0 Å². The van der Waals surface area contributed by atoms with Gasteiger partial charge in [0.25, 0.3) is 0 Å². The van der Waals surface area contributed by atoms with Crippen LogP contribution >= 0.6 is 0 Å². The first-order valence-corrected chi connectivity index (χ1v) is 9.91. The van der Waals surface area contributed by atoms with Gasteiger partial charge in [-0.1, -0.05) is 24.4 Å². The van der Waals surface area contributed by atoms with Crippen LogP contribution in [0, 0.1) is 16.7 Å². The molecule has 5 nitrogen and oxygen atoms in total. The third-order valence-electron chi connectivity index (χ3n) is 4.95. The highest BCUT2D eigenvalue weighted by molar-refractivity contribution is 7.90. The Morgan fingerprint density at radius 3 is 2.68 bits per heavy atom. The molecule has 2 aliphatic carbocycles. The van der Waals surface area contributed by atoms with Crippen LogP contribution in [0.3, 0.4) is 0 Å². The first-order valence-electron chi connectivity index (χ1n) is 8.08. The lowest BCUT2D eigenvalue weighted by Gasteiger charge is -2.30. The van der Waals surface area contributed by atoms with E-state index >= 15 is 0 Å². The second kappa shape index (κ2) is 6.04. The molecule has 0 saturated heterocycles. The van der Waals surface area contributed by atoms with Crippen molar-refractivity contribution in [3.63, 3.8) is 0 Å². The van der Waals surface area contributed by atoms with E-state index in [4.69, 9.17) is 4.52 Å². The van der Waals surface area contributed by atoms with Gasteiger partial charge in [0.05, 0.1) is 28.7 Å². The Morgan fingerprint density at radius 2 is 2.05 bits per heavy atom. The molecule has 120 valence electrons. The number of hydrogen-bond donors (Lipinski definition) is 0. The Balaban J connectivity index is 1.63. The molecule has 6 heteroatoms. The molecule has 0 aromatic carbocycles. The van der Waals surface area contributed by atoms with Crippen LogP contribution in [0.4, 0.5) is 0 Å². The minimum atomic E-state index is -3.23. The summed E-state index contributed by atoms with van der Waals surface area (Å²) in [6, 6.07) is 2.39. The van der Waals surface area contributed by atoms with Crippen LogP contribution in [0.5, 0.6) is 0 Å². The van der Waals surface area contributed by atoms with Crippen molar-refractivity contribution < 1.29 is 12.9 Å². The summed E-state index contributed by atoms with van der Waals surface area (Å²) in [6.45, 7) is 0. The summed E-state index contributed by atoms with van der Waals surface area (Å²) in [6.07, 6.45) is 8.94. The molecule has 2 fully saturated rings. The van der Waals surface area contributed by atoms with Crippen LogP contribution in [-0.2, 0) is 15.6 Å². The third-order valence-corrected chi connectivity index (χ3v) is 6.53. The molecule has 1 heterocycles. The fourth-order valence-corrected chi connectivity index (χ4v) is 4.91. The quantitative estimate of drug-likeness (QED) is 0.802. The molecule has 2 saturated carbocycles. The average Bonchev–Trinajstić information content (AvgIpc) is 3.27. The summed E-state index contributed by atoms with van der Waals surface area (Å²) in [5.74, 6) is 0.451. The highest BCUT2D eigenvalue weighted by atomic mass is 32.2. The molecule has 22 heavy (non-hydrogen) atoms. The monoisotopic (exact) mass is 322 g/mol. The lowest BCUT2D eigenvalue weighted by Crippen LogP contribution is -2.26. The van der Waals surface area contributed by atoms with E-state index < -0.39 is 15.3 Å². The van der Waals surface area contributed by atoms with E-state index in [-0.39, 0.29) is 11.5 Å². The Morgan fingerprint density at radius 1 is 1.32 bits per heavy atom. The maximum Gasteiger partial charge on any atom is 0.154 e. The van der Waals surface area contributed by atoms with Gasteiger partial charge in [-0.05, 0) is 32.1 Å². The highest BCUT2D eigenvalue weighted by Crippen LogP contribution is 2.42. The van der Waals surface area contributed by atoms with Crippen molar-refractivity contribution in [2.45, 2.75) is 63.0 Å². The van der Waals surface area contributed by atoms with Crippen molar-refractivity contribution >= 4 is 9.84 Å². The SMILES string of the molecule is N#CC1(CCS(=O)(=O)Cc2conc2C2CC2)CCCCC1. The third kappa shape index (κ3) is 3.52. The van der Waals surface area contributed by atoms with Crippen molar-refractivity contribution in [3.8, 4) is 6.07 Å².